The summed E-state index contributed by atoms with van der Waals surface area (Å²) in [6.07, 6.45) is 0. The molecule has 96 valence electrons. The highest BCUT2D eigenvalue weighted by Gasteiger charge is 2.45. The molecule has 0 unspecified atom stereocenters. The van der Waals surface area contributed by atoms with Crippen LogP contribution in [-0.4, -0.2) is 12.6 Å². The van der Waals surface area contributed by atoms with E-state index >= 15 is 0 Å². The Labute approximate surface area is 101 Å². The fourth-order valence-electron chi connectivity index (χ4n) is 1.83. The lowest BCUT2D eigenvalue weighted by Gasteiger charge is -2.31. The molecule has 0 fully saturated rings. The zero-order chi connectivity index (χ0) is 13.4. The maximum Gasteiger partial charge on any atom is 0.290 e. The van der Waals surface area contributed by atoms with Gasteiger partial charge in [0.15, 0.2) is 0 Å². The van der Waals surface area contributed by atoms with E-state index < -0.39 is 11.5 Å². The molecule has 2 N–H and O–H groups in total. The zero-order valence-electron chi connectivity index (χ0n) is 10.9. The van der Waals surface area contributed by atoms with Crippen molar-refractivity contribution in [3.8, 4) is 5.75 Å². The maximum atomic E-state index is 14.1. The third-order valence-corrected chi connectivity index (χ3v) is 2.84. The summed E-state index contributed by atoms with van der Waals surface area (Å²) in [6, 6.07) is 2.86. The van der Waals surface area contributed by atoms with Crippen LogP contribution in [0.5, 0.6) is 5.75 Å². The predicted octanol–water partition coefficient (Wildman–Crippen LogP) is 3.14. The van der Waals surface area contributed by atoms with E-state index in [1.54, 1.807) is 13.8 Å². The summed E-state index contributed by atoms with van der Waals surface area (Å²) < 4.78 is 33.3. The largest absolute Gasteiger partial charge is 0.496 e. The second kappa shape index (κ2) is 4.26. The number of benzene rings is 1. The van der Waals surface area contributed by atoms with E-state index in [-0.39, 0.29) is 5.56 Å². The van der Waals surface area contributed by atoms with Crippen molar-refractivity contribution in [2.24, 2.45) is 5.73 Å². The molecular weight excluding hydrogens is 224 g/mol. The first-order valence-corrected chi connectivity index (χ1v) is 5.43. The summed E-state index contributed by atoms with van der Waals surface area (Å²) in [5.74, 6) is -2.44. The van der Waals surface area contributed by atoms with Crippen molar-refractivity contribution in [1.29, 1.82) is 0 Å². The lowest BCUT2D eigenvalue weighted by atomic mass is 9.89. The van der Waals surface area contributed by atoms with Gasteiger partial charge in [-0.2, -0.15) is 8.78 Å². The van der Waals surface area contributed by atoms with Crippen molar-refractivity contribution in [3.63, 3.8) is 0 Å². The Balaban J connectivity index is 3.35. The van der Waals surface area contributed by atoms with Crippen LogP contribution < -0.4 is 10.5 Å². The summed E-state index contributed by atoms with van der Waals surface area (Å²) in [7, 11) is 1.53. The highest BCUT2D eigenvalue weighted by Crippen LogP contribution is 2.39. The lowest BCUT2D eigenvalue weighted by molar-refractivity contribution is -0.0673. The number of methoxy groups -OCH3 is 1. The molecule has 0 saturated carbocycles. The number of alkyl halides is 2. The Hall–Kier alpha value is -1.16. The number of ether oxygens (including phenoxy) is 1. The molecule has 0 aromatic heterocycles. The van der Waals surface area contributed by atoms with E-state index in [0.29, 0.717) is 16.9 Å². The molecule has 1 aromatic rings. The number of nitrogens with two attached hydrogens (primary N) is 1. The van der Waals surface area contributed by atoms with Gasteiger partial charge in [0.25, 0.3) is 5.92 Å². The topological polar surface area (TPSA) is 35.2 Å². The van der Waals surface area contributed by atoms with Crippen LogP contribution in [0.4, 0.5) is 8.78 Å². The zero-order valence-corrected chi connectivity index (χ0v) is 10.9. The van der Waals surface area contributed by atoms with Gasteiger partial charge in [-0.05, 0) is 51.0 Å². The van der Waals surface area contributed by atoms with Gasteiger partial charge < -0.3 is 10.5 Å². The SMILES string of the molecule is COc1c(C)cc(C(F)(F)C(C)(C)N)cc1C. The van der Waals surface area contributed by atoms with Gasteiger partial charge in [0, 0.05) is 5.56 Å². The minimum atomic E-state index is -3.07. The van der Waals surface area contributed by atoms with E-state index in [1.807, 2.05) is 0 Å². The van der Waals surface area contributed by atoms with Crippen LogP contribution in [0.25, 0.3) is 0 Å². The first kappa shape index (κ1) is 13.9. The molecule has 0 aliphatic carbocycles. The molecule has 1 aromatic carbocycles. The number of hydrogen-bond acceptors (Lipinski definition) is 2. The van der Waals surface area contributed by atoms with Crippen molar-refractivity contribution in [3.05, 3.63) is 28.8 Å². The standard InChI is InChI=1S/C13H19F2NO/c1-8-6-10(7-9(2)11(8)17-5)13(14,15)12(3,4)16/h6-7H,16H2,1-5H3. The second-order valence-corrected chi connectivity index (χ2v) is 4.94. The Kier molecular flexibility index (Phi) is 3.48. The summed E-state index contributed by atoms with van der Waals surface area (Å²) in [5.41, 5.74) is 5.24. The molecule has 0 amide bonds. The van der Waals surface area contributed by atoms with Gasteiger partial charge in [-0.25, -0.2) is 0 Å². The van der Waals surface area contributed by atoms with Crippen LogP contribution in [0.2, 0.25) is 0 Å². The smallest absolute Gasteiger partial charge is 0.290 e. The normalized spacial score (nSPS) is 12.7. The van der Waals surface area contributed by atoms with Crippen molar-refractivity contribution in [2.45, 2.75) is 39.2 Å². The summed E-state index contributed by atoms with van der Waals surface area (Å²) in [6.45, 7) is 6.13. The van der Waals surface area contributed by atoms with E-state index in [2.05, 4.69) is 0 Å². The fraction of sp³-hybridized carbons (Fsp3) is 0.538. The van der Waals surface area contributed by atoms with Crippen LogP contribution in [0.1, 0.15) is 30.5 Å². The average Bonchev–Trinajstić information content (AvgIpc) is 2.15. The van der Waals surface area contributed by atoms with Gasteiger partial charge in [0.1, 0.15) is 5.75 Å². The van der Waals surface area contributed by atoms with E-state index in [4.69, 9.17) is 10.5 Å². The predicted molar refractivity (Wildman–Crippen MR) is 64.6 cm³/mol. The lowest BCUT2D eigenvalue weighted by Crippen LogP contribution is -2.48. The van der Waals surface area contributed by atoms with Crippen LogP contribution in [0.15, 0.2) is 12.1 Å². The average molecular weight is 243 g/mol. The first-order valence-electron chi connectivity index (χ1n) is 5.43. The van der Waals surface area contributed by atoms with Gasteiger partial charge in [0.05, 0.1) is 12.6 Å². The molecule has 4 heteroatoms. The van der Waals surface area contributed by atoms with E-state index in [9.17, 15) is 8.78 Å². The van der Waals surface area contributed by atoms with Crippen molar-refractivity contribution >= 4 is 0 Å². The number of rotatable bonds is 3. The highest BCUT2D eigenvalue weighted by atomic mass is 19.3. The molecule has 0 heterocycles. The Bertz CT molecular complexity index is 399. The molecule has 0 aliphatic heterocycles. The third-order valence-electron chi connectivity index (χ3n) is 2.84. The van der Waals surface area contributed by atoms with Gasteiger partial charge in [0.2, 0.25) is 0 Å². The molecular formula is C13H19F2NO. The molecule has 0 spiro atoms. The molecule has 0 bridgehead atoms. The number of aryl methyl sites for hydroxylation is 2. The van der Waals surface area contributed by atoms with Gasteiger partial charge in [-0.15, -0.1) is 0 Å². The molecule has 0 saturated heterocycles. The van der Waals surface area contributed by atoms with Crippen LogP contribution in [0.3, 0.4) is 0 Å². The Morgan fingerprint density at radius 3 is 1.82 bits per heavy atom. The molecule has 1 rings (SSSR count). The van der Waals surface area contributed by atoms with Gasteiger partial charge in [-0.1, -0.05) is 0 Å². The summed E-state index contributed by atoms with van der Waals surface area (Å²) in [4.78, 5) is 0. The molecule has 0 radical (unpaired) electrons. The minimum absolute atomic E-state index is 0.0687. The third kappa shape index (κ3) is 2.41. The minimum Gasteiger partial charge on any atom is -0.496 e. The van der Waals surface area contributed by atoms with E-state index in [1.165, 1.54) is 33.1 Å². The monoisotopic (exact) mass is 243 g/mol. The van der Waals surface area contributed by atoms with Crippen LogP contribution in [0, 0.1) is 13.8 Å². The second-order valence-electron chi connectivity index (χ2n) is 4.94. The van der Waals surface area contributed by atoms with E-state index in [0.717, 1.165) is 0 Å². The molecule has 0 aliphatic rings. The molecule has 17 heavy (non-hydrogen) atoms. The number of hydrogen-bond donors (Lipinski definition) is 1. The van der Waals surface area contributed by atoms with Gasteiger partial charge >= 0.3 is 0 Å². The van der Waals surface area contributed by atoms with Crippen LogP contribution >= 0.6 is 0 Å². The Morgan fingerprint density at radius 2 is 1.53 bits per heavy atom. The first-order chi connectivity index (χ1) is 7.61. The Morgan fingerprint density at radius 1 is 1.12 bits per heavy atom. The number of halogens is 2. The molecule has 0 atom stereocenters. The van der Waals surface area contributed by atoms with Crippen LogP contribution in [-0.2, 0) is 5.92 Å². The van der Waals surface area contributed by atoms with Crippen molar-refractivity contribution < 1.29 is 13.5 Å². The van der Waals surface area contributed by atoms with Crippen molar-refractivity contribution in [1.82, 2.24) is 0 Å². The highest BCUT2D eigenvalue weighted by molar-refractivity contribution is 5.45. The maximum absolute atomic E-state index is 14.1. The summed E-state index contributed by atoms with van der Waals surface area (Å²) in [5, 5.41) is 0. The fourth-order valence-corrected chi connectivity index (χ4v) is 1.83. The molecule has 2 nitrogen and oxygen atoms in total. The summed E-state index contributed by atoms with van der Waals surface area (Å²) >= 11 is 0. The quantitative estimate of drug-likeness (QED) is 0.885. The van der Waals surface area contributed by atoms with Gasteiger partial charge in [-0.3, -0.25) is 0 Å². The van der Waals surface area contributed by atoms with Crippen molar-refractivity contribution in [2.75, 3.05) is 7.11 Å².